The van der Waals surface area contributed by atoms with E-state index in [4.69, 9.17) is 15.5 Å². The predicted octanol–water partition coefficient (Wildman–Crippen LogP) is -0.302. The minimum Gasteiger partial charge on any atom is -0.478 e. The van der Waals surface area contributed by atoms with Gasteiger partial charge < -0.3 is 15.3 Å². The Morgan fingerprint density at radius 3 is 2.53 bits per heavy atom. The molecule has 1 heterocycles. The highest BCUT2D eigenvalue weighted by molar-refractivity contribution is 5.87. The van der Waals surface area contributed by atoms with Crippen LogP contribution in [0, 0.1) is 11.3 Å². The van der Waals surface area contributed by atoms with E-state index in [0.717, 1.165) is 6.20 Å². The minimum absolute atomic E-state index is 0.0302. The maximum absolute atomic E-state index is 10.5. The number of carbonyl (C=O) groups is 1. The van der Waals surface area contributed by atoms with Gasteiger partial charge in [0.1, 0.15) is 6.10 Å². The van der Waals surface area contributed by atoms with Gasteiger partial charge in [-0.25, -0.2) is 4.79 Å². The zero-order chi connectivity index (χ0) is 11.4. The Bertz CT molecular complexity index is 396. The fourth-order valence-corrected chi connectivity index (χ4v) is 0.939. The van der Waals surface area contributed by atoms with Crippen molar-refractivity contribution in [2.45, 2.75) is 12.2 Å². The van der Waals surface area contributed by atoms with Gasteiger partial charge in [-0.1, -0.05) is 0 Å². The smallest absolute Gasteiger partial charge is 0.337 e. The average molecular weight is 208 g/mol. The van der Waals surface area contributed by atoms with Crippen molar-refractivity contribution in [3.63, 3.8) is 0 Å². The molecule has 1 aromatic rings. The first-order valence-electron chi connectivity index (χ1n) is 4.01. The van der Waals surface area contributed by atoms with Crippen LogP contribution in [0.3, 0.4) is 0 Å². The van der Waals surface area contributed by atoms with Crippen molar-refractivity contribution < 1.29 is 20.1 Å². The number of pyridine rings is 1. The first kappa shape index (κ1) is 11.1. The summed E-state index contributed by atoms with van der Waals surface area (Å²) < 4.78 is 0. The van der Waals surface area contributed by atoms with Gasteiger partial charge in [-0.15, -0.1) is 0 Å². The van der Waals surface area contributed by atoms with Gasteiger partial charge in [-0.05, 0) is 12.1 Å². The van der Waals surface area contributed by atoms with Crippen LogP contribution < -0.4 is 0 Å². The number of carboxylic acids is 1. The number of aliphatic hydroxyl groups is 2. The number of aromatic nitrogens is 1. The molecule has 0 spiro atoms. The van der Waals surface area contributed by atoms with Crippen molar-refractivity contribution in [1.82, 2.24) is 4.98 Å². The van der Waals surface area contributed by atoms with Gasteiger partial charge in [-0.2, -0.15) is 5.26 Å². The fourth-order valence-electron chi connectivity index (χ4n) is 0.939. The number of nitrogens with zero attached hydrogens (tertiary/aromatic N) is 2. The Balaban J connectivity index is 2.90. The summed E-state index contributed by atoms with van der Waals surface area (Å²) in [4.78, 5) is 14.1. The molecule has 0 fully saturated rings. The molecule has 2 unspecified atom stereocenters. The van der Waals surface area contributed by atoms with Crippen LogP contribution in [0.15, 0.2) is 18.3 Å². The van der Waals surface area contributed by atoms with Crippen molar-refractivity contribution in [1.29, 1.82) is 5.26 Å². The molecule has 15 heavy (non-hydrogen) atoms. The van der Waals surface area contributed by atoms with Crippen molar-refractivity contribution in [2.75, 3.05) is 0 Å². The Labute approximate surface area is 85.0 Å². The minimum atomic E-state index is -1.58. The molecule has 0 radical (unpaired) electrons. The third-order valence-electron chi connectivity index (χ3n) is 1.77. The maximum atomic E-state index is 10.5. The van der Waals surface area contributed by atoms with Gasteiger partial charge in [0.05, 0.1) is 17.3 Å². The first-order valence-corrected chi connectivity index (χ1v) is 4.01. The third kappa shape index (κ3) is 2.49. The lowest BCUT2D eigenvalue weighted by atomic mass is 10.1. The summed E-state index contributed by atoms with van der Waals surface area (Å²) in [6.45, 7) is 0. The summed E-state index contributed by atoms with van der Waals surface area (Å²) >= 11 is 0. The van der Waals surface area contributed by atoms with Crippen LogP contribution in [0.5, 0.6) is 0 Å². The highest BCUT2D eigenvalue weighted by atomic mass is 16.4. The Hall–Kier alpha value is -1.97. The molecule has 2 atom stereocenters. The molecule has 0 bridgehead atoms. The number of hydrogen-bond donors (Lipinski definition) is 3. The van der Waals surface area contributed by atoms with E-state index >= 15 is 0 Å². The Kier molecular flexibility index (Phi) is 3.33. The van der Waals surface area contributed by atoms with Crippen LogP contribution in [-0.4, -0.2) is 32.4 Å². The van der Waals surface area contributed by atoms with Gasteiger partial charge in [0.15, 0.2) is 6.10 Å². The summed E-state index contributed by atoms with van der Waals surface area (Å²) in [5, 5.41) is 35.2. The van der Waals surface area contributed by atoms with Gasteiger partial charge in [-0.3, -0.25) is 4.98 Å². The Morgan fingerprint density at radius 1 is 1.47 bits per heavy atom. The highest BCUT2D eigenvalue weighted by Crippen LogP contribution is 2.14. The number of hydrogen-bond acceptors (Lipinski definition) is 5. The summed E-state index contributed by atoms with van der Waals surface area (Å²) in [5.74, 6) is -1.13. The number of nitriles is 1. The maximum Gasteiger partial charge on any atom is 0.337 e. The molecule has 0 saturated heterocycles. The molecule has 0 aromatic carbocycles. The lowest BCUT2D eigenvalue weighted by molar-refractivity contribution is 0.0498. The molecule has 0 aliphatic heterocycles. The standard InChI is InChI=1S/C9H8N2O4/c10-3-7(12)8(13)6-2-1-5(4-11-6)9(14)15/h1-2,4,7-8,12-13H,(H,14,15). The predicted molar refractivity (Wildman–Crippen MR) is 47.8 cm³/mol. The molecule has 0 saturated carbocycles. The molecular weight excluding hydrogens is 200 g/mol. The molecule has 6 nitrogen and oxygen atoms in total. The fraction of sp³-hybridized carbons (Fsp3) is 0.222. The van der Waals surface area contributed by atoms with E-state index in [1.54, 1.807) is 0 Å². The van der Waals surface area contributed by atoms with E-state index in [1.807, 2.05) is 0 Å². The van der Waals surface area contributed by atoms with Crippen LogP contribution in [0.1, 0.15) is 22.2 Å². The van der Waals surface area contributed by atoms with Gasteiger partial charge in [0.2, 0.25) is 0 Å². The Morgan fingerprint density at radius 2 is 2.13 bits per heavy atom. The normalized spacial score (nSPS) is 13.9. The van der Waals surface area contributed by atoms with Crippen molar-refractivity contribution in [3.8, 4) is 6.07 Å². The number of carboxylic acid groups (broad SMARTS) is 1. The van der Waals surface area contributed by atoms with Crippen LogP contribution in [-0.2, 0) is 0 Å². The second-order valence-electron chi connectivity index (χ2n) is 2.80. The summed E-state index contributed by atoms with van der Waals surface area (Å²) in [5.41, 5.74) is 0.0199. The van der Waals surface area contributed by atoms with Crippen LogP contribution in [0.4, 0.5) is 0 Å². The second-order valence-corrected chi connectivity index (χ2v) is 2.80. The molecule has 0 aliphatic rings. The van der Waals surface area contributed by atoms with Gasteiger partial charge in [0.25, 0.3) is 0 Å². The summed E-state index contributed by atoms with van der Waals surface area (Å²) in [6.07, 6.45) is -1.96. The van der Waals surface area contributed by atoms with E-state index in [9.17, 15) is 9.90 Å². The van der Waals surface area contributed by atoms with Gasteiger partial charge in [0, 0.05) is 6.20 Å². The van der Waals surface area contributed by atoms with Crippen LogP contribution >= 0.6 is 0 Å². The first-order chi connectivity index (χ1) is 7.06. The lowest BCUT2D eigenvalue weighted by Crippen LogP contribution is -2.17. The van der Waals surface area contributed by atoms with Crippen molar-refractivity contribution in [2.24, 2.45) is 0 Å². The number of aromatic carboxylic acids is 1. The average Bonchev–Trinajstić information content (AvgIpc) is 2.27. The SMILES string of the molecule is N#CC(O)C(O)c1ccc(C(=O)O)cn1. The van der Waals surface area contributed by atoms with E-state index < -0.39 is 18.2 Å². The van der Waals surface area contributed by atoms with E-state index in [-0.39, 0.29) is 11.3 Å². The molecule has 1 aromatic heterocycles. The monoisotopic (exact) mass is 208 g/mol. The second kappa shape index (κ2) is 4.50. The summed E-state index contributed by atoms with van der Waals surface area (Å²) in [6, 6.07) is 3.93. The third-order valence-corrected chi connectivity index (χ3v) is 1.77. The van der Waals surface area contributed by atoms with Crippen molar-refractivity contribution >= 4 is 5.97 Å². The highest BCUT2D eigenvalue weighted by Gasteiger charge is 2.19. The summed E-state index contributed by atoms with van der Waals surface area (Å²) in [7, 11) is 0. The van der Waals surface area contributed by atoms with Crippen LogP contribution in [0.2, 0.25) is 0 Å². The molecule has 3 N–H and O–H groups in total. The van der Waals surface area contributed by atoms with E-state index in [0.29, 0.717) is 0 Å². The molecule has 78 valence electrons. The molecule has 0 amide bonds. The molecular formula is C9H8N2O4. The number of aliphatic hydroxyl groups excluding tert-OH is 2. The number of rotatable bonds is 3. The van der Waals surface area contributed by atoms with Crippen LogP contribution in [0.25, 0.3) is 0 Å². The lowest BCUT2D eigenvalue weighted by Gasteiger charge is -2.10. The molecule has 1 rings (SSSR count). The zero-order valence-corrected chi connectivity index (χ0v) is 7.53. The van der Waals surface area contributed by atoms with Crippen molar-refractivity contribution in [3.05, 3.63) is 29.6 Å². The zero-order valence-electron chi connectivity index (χ0n) is 7.53. The molecule has 6 heteroatoms. The molecule has 0 aliphatic carbocycles. The van der Waals surface area contributed by atoms with Gasteiger partial charge >= 0.3 is 5.97 Å². The largest absolute Gasteiger partial charge is 0.478 e. The van der Waals surface area contributed by atoms with E-state index in [1.165, 1.54) is 18.2 Å². The topological polar surface area (TPSA) is 114 Å². The quantitative estimate of drug-likeness (QED) is 0.587. The van der Waals surface area contributed by atoms with E-state index in [2.05, 4.69) is 4.98 Å².